The molecule has 2 saturated heterocycles. The first-order chi connectivity index (χ1) is 27.4. The molecular weight excluding hydrogens is 786 g/mol. The summed E-state index contributed by atoms with van der Waals surface area (Å²) in [6.45, 7) is 8.05. The van der Waals surface area contributed by atoms with Gasteiger partial charge in [0.2, 0.25) is 11.8 Å². The average Bonchev–Trinajstić information content (AvgIpc) is 4.01. The molecule has 2 aromatic heterocycles. The zero-order valence-electron chi connectivity index (χ0n) is 31.3. The molecule has 2 aliphatic rings. The van der Waals surface area contributed by atoms with E-state index in [-0.39, 0.29) is 0 Å². The van der Waals surface area contributed by atoms with Crippen LogP contribution in [-0.4, -0.2) is 81.8 Å². The van der Waals surface area contributed by atoms with Gasteiger partial charge in [-0.3, -0.25) is 4.90 Å². The summed E-state index contributed by atoms with van der Waals surface area (Å²) in [7, 11) is 0. The van der Waals surface area contributed by atoms with Crippen molar-refractivity contribution in [2.75, 3.05) is 52.5 Å². The minimum Gasteiger partial charge on any atom is -0.477 e. The lowest BCUT2D eigenvalue weighted by Gasteiger charge is -2.25. The number of hydrogen-bond donors (Lipinski definition) is 0. The molecule has 0 amide bonds. The summed E-state index contributed by atoms with van der Waals surface area (Å²) in [5.74, 6) is 1.23. The second-order valence-corrected chi connectivity index (χ2v) is 15.6. The van der Waals surface area contributed by atoms with Crippen LogP contribution in [0, 0.1) is 0 Å². The van der Waals surface area contributed by atoms with Crippen LogP contribution in [-0.2, 0) is 0 Å². The Morgan fingerprint density at radius 3 is 1.39 bits per heavy atom. The Bertz CT molecular complexity index is 2150. The highest BCUT2D eigenvalue weighted by molar-refractivity contribution is 6.42. The lowest BCUT2D eigenvalue weighted by Crippen LogP contribution is -2.33. The fourth-order valence-corrected chi connectivity index (χ4v) is 7.63. The number of benzene rings is 4. The highest BCUT2D eigenvalue weighted by atomic mass is 35.5. The van der Waals surface area contributed by atoms with Crippen LogP contribution in [0.5, 0.6) is 11.8 Å². The van der Waals surface area contributed by atoms with E-state index in [4.69, 9.17) is 55.9 Å². The molecule has 8 rings (SSSR count). The minimum absolute atomic E-state index is 0.501. The number of likely N-dealkylation sites (tertiary alicyclic amines) is 2. The summed E-state index contributed by atoms with van der Waals surface area (Å²) < 4.78 is 15.7. The molecule has 0 aliphatic carbocycles. The third-order valence-electron chi connectivity index (χ3n) is 9.98. The third-order valence-corrected chi connectivity index (χ3v) is 11.5. The molecule has 56 heavy (non-hydrogen) atoms. The first-order valence-corrected chi connectivity index (χ1v) is 20.8. The van der Waals surface area contributed by atoms with Crippen LogP contribution in [0.2, 0.25) is 20.1 Å². The molecule has 0 saturated carbocycles. The molecule has 0 bridgehead atoms. The van der Waals surface area contributed by atoms with Gasteiger partial charge < -0.3 is 14.4 Å². The summed E-state index contributed by atoms with van der Waals surface area (Å²) in [5, 5.41) is 11.4. The second-order valence-electron chi connectivity index (χ2n) is 14.0. The summed E-state index contributed by atoms with van der Waals surface area (Å²) in [5.41, 5.74) is 5.72. The smallest absolute Gasteiger partial charge is 0.233 e. The number of piperidine rings is 1. The van der Waals surface area contributed by atoms with E-state index in [2.05, 4.69) is 44.3 Å². The van der Waals surface area contributed by atoms with E-state index in [9.17, 15) is 0 Å². The minimum atomic E-state index is 0.501. The largest absolute Gasteiger partial charge is 0.477 e. The van der Waals surface area contributed by atoms with Crippen LogP contribution in [0.3, 0.4) is 0 Å². The maximum absolute atomic E-state index is 6.23. The molecule has 2 aliphatic heterocycles. The van der Waals surface area contributed by atoms with E-state index < -0.39 is 0 Å². The van der Waals surface area contributed by atoms with Gasteiger partial charge >= 0.3 is 0 Å². The molecule has 6 aromatic rings. The molecule has 0 atom stereocenters. The first kappa shape index (κ1) is 40.2. The third kappa shape index (κ3) is 10.7. The van der Waals surface area contributed by atoms with Crippen LogP contribution >= 0.6 is 46.4 Å². The van der Waals surface area contributed by atoms with Gasteiger partial charge in [-0.15, -0.1) is 10.2 Å². The quantitative estimate of drug-likeness (QED) is 0.108. The van der Waals surface area contributed by atoms with Crippen molar-refractivity contribution >= 4 is 46.4 Å². The lowest BCUT2D eigenvalue weighted by atomic mass is 10.1. The maximum Gasteiger partial charge on any atom is 0.233 e. The van der Waals surface area contributed by atoms with Crippen LogP contribution in [0.4, 0.5) is 0 Å². The van der Waals surface area contributed by atoms with E-state index in [0.29, 0.717) is 45.1 Å². The number of ether oxygens (including phenoxy) is 2. The predicted octanol–water partition coefficient (Wildman–Crippen LogP) is 11.4. The van der Waals surface area contributed by atoms with Crippen molar-refractivity contribution in [1.29, 1.82) is 0 Å². The van der Waals surface area contributed by atoms with Gasteiger partial charge in [0.05, 0.1) is 49.5 Å². The Hall–Kier alpha value is -4.02. The SMILES string of the molecule is Clc1ccc(-n2nc(OCCCN3CCCC3)cc2-c2ccccc2)cc1Cl.Clc1ccc(-n2nc(OCCN3CCCCC3)cc2-c2ccccc2)cc1Cl. The topological polar surface area (TPSA) is 60.6 Å². The zero-order valence-corrected chi connectivity index (χ0v) is 34.3. The van der Waals surface area contributed by atoms with E-state index in [0.717, 1.165) is 66.5 Å². The Balaban J connectivity index is 0.000000172. The number of hydrogen-bond acceptors (Lipinski definition) is 6. The summed E-state index contributed by atoms with van der Waals surface area (Å²) in [6, 6.07) is 35.3. The first-order valence-electron chi connectivity index (χ1n) is 19.3. The number of rotatable bonds is 13. The monoisotopic (exact) mass is 830 g/mol. The molecular formula is C44H46Cl4N6O2. The molecule has 292 valence electrons. The van der Waals surface area contributed by atoms with E-state index in [1.807, 2.05) is 82.2 Å². The fraction of sp³-hybridized carbons (Fsp3) is 0.318. The average molecular weight is 833 g/mol. The highest BCUT2D eigenvalue weighted by Crippen LogP contribution is 2.32. The molecule has 4 heterocycles. The van der Waals surface area contributed by atoms with Crippen LogP contribution in [0.15, 0.2) is 109 Å². The molecule has 0 unspecified atom stereocenters. The lowest BCUT2D eigenvalue weighted by molar-refractivity contribution is 0.180. The van der Waals surface area contributed by atoms with Crippen molar-refractivity contribution in [2.24, 2.45) is 0 Å². The summed E-state index contributed by atoms with van der Waals surface area (Å²) >= 11 is 24.6. The van der Waals surface area contributed by atoms with Gasteiger partial charge in [-0.05, 0) is 94.7 Å². The van der Waals surface area contributed by atoms with Crippen molar-refractivity contribution in [3.05, 3.63) is 129 Å². The van der Waals surface area contributed by atoms with Gasteiger partial charge in [0.1, 0.15) is 6.61 Å². The van der Waals surface area contributed by atoms with Crippen molar-refractivity contribution < 1.29 is 9.47 Å². The molecule has 4 aromatic carbocycles. The van der Waals surface area contributed by atoms with E-state index in [1.54, 1.807) is 12.1 Å². The normalized spacial score (nSPS) is 14.7. The number of halogens is 4. The Morgan fingerprint density at radius 2 is 0.911 bits per heavy atom. The van der Waals surface area contributed by atoms with Gasteiger partial charge in [0, 0.05) is 36.3 Å². The maximum atomic E-state index is 6.23. The van der Waals surface area contributed by atoms with Gasteiger partial charge in [0.15, 0.2) is 0 Å². The molecule has 8 nitrogen and oxygen atoms in total. The number of nitrogens with zero attached hydrogens (tertiary/aromatic N) is 6. The Morgan fingerprint density at radius 1 is 0.464 bits per heavy atom. The summed E-state index contributed by atoms with van der Waals surface area (Å²) in [4.78, 5) is 4.95. The van der Waals surface area contributed by atoms with Crippen LogP contribution in [0.25, 0.3) is 33.9 Å². The Kier molecular flexibility index (Phi) is 14.3. The molecule has 2 fully saturated rings. The van der Waals surface area contributed by atoms with Crippen LogP contribution in [0.1, 0.15) is 38.5 Å². The van der Waals surface area contributed by atoms with Crippen molar-refractivity contribution in [3.8, 4) is 45.6 Å². The van der Waals surface area contributed by atoms with Crippen molar-refractivity contribution in [1.82, 2.24) is 29.4 Å². The van der Waals surface area contributed by atoms with Gasteiger partial charge in [-0.25, -0.2) is 9.36 Å². The second kappa shape index (κ2) is 19.9. The fourth-order valence-electron chi connectivity index (χ4n) is 7.05. The highest BCUT2D eigenvalue weighted by Gasteiger charge is 2.17. The van der Waals surface area contributed by atoms with Crippen molar-refractivity contribution in [2.45, 2.75) is 38.5 Å². The van der Waals surface area contributed by atoms with E-state index in [1.165, 1.54) is 45.2 Å². The predicted molar refractivity (Wildman–Crippen MR) is 230 cm³/mol. The molecule has 0 spiro atoms. The van der Waals surface area contributed by atoms with Crippen LogP contribution < -0.4 is 9.47 Å². The van der Waals surface area contributed by atoms with Gasteiger partial charge in [-0.1, -0.05) is 113 Å². The van der Waals surface area contributed by atoms with Crippen molar-refractivity contribution in [3.63, 3.8) is 0 Å². The Labute approximate surface area is 349 Å². The van der Waals surface area contributed by atoms with Gasteiger partial charge in [0.25, 0.3) is 0 Å². The standard InChI is InChI=1S/2C22H23Cl2N3O/c23-19-10-9-18(15-20(19)24)27-21(17-7-3-1-4-8-17)16-22(25-27)28-14-13-26-11-5-2-6-12-26;23-19-10-9-18(15-20(19)24)27-21(17-7-2-1-3-8-17)16-22(25-27)28-14-6-13-26-11-4-5-12-26/h1,3-4,7-10,15-16H,2,5-6,11-14H2;1-3,7-10,15-16H,4-6,11-14H2. The molecule has 0 N–H and O–H groups in total. The molecule has 0 radical (unpaired) electrons. The summed E-state index contributed by atoms with van der Waals surface area (Å²) in [6.07, 6.45) is 7.53. The van der Waals surface area contributed by atoms with E-state index >= 15 is 0 Å². The van der Waals surface area contributed by atoms with Gasteiger partial charge in [-0.2, -0.15) is 0 Å². The number of aromatic nitrogens is 4. The molecule has 12 heteroatoms. The zero-order chi connectivity index (χ0) is 38.7.